The van der Waals surface area contributed by atoms with Crippen LogP contribution in [-0.4, -0.2) is 27.1 Å². The summed E-state index contributed by atoms with van der Waals surface area (Å²) in [6.45, 7) is 3.17. The Balaban J connectivity index is 1.63. The van der Waals surface area contributed by atoms with Crippen molar-refractivity contribution in [3.8, 4) is 11.5 Å². The number of hydrogen-bond acceptors (Lipinski definition) is 6. The van der Waals surface area contributed by atoms with E-state index in [-0.39, 0.29) is 28.4 Å². The molecular weight excluding hydrogens is 369 g/mol. The van der Waals surface area contributed by atoms with Gasteiger partial charge < -0.3 is 9.73 Å². The molecule has 0 saturated heterocycles. The lowest BCUT2D eigenvalue weighted by Crippen LogP contribution is -2.22. The molecule has 8 heteroatoms. The van der Waals surface area contributed by atoms with Gasteiger partial charge in [0.05, 0.1) is 10.8 Å². The first-order valence-corrected chi connectivity index (χ1v) is 8.99. The number of nitrogens with one attached hydrogen (secondary N) is 1. The topological polar surface area (TPSA) is 85.1 Å². The predicted molar refractivity (Wildman–Crippen MR) is 100 cm³/mol. The van der Waals surface area contributed by atoms with E-state index in [9.17, 15) is 14.0 Å². The number of carbonyl (C=O) groups is 2. The number of halogens is 1. The highest BCUT2D eigenvalue weighted by Gasteiger charge is 2.20. The predicted octanol–water partition coefficient (Wildman–Crippen LogP) is 4.20. The van der Waals surface area contributed by atoms with Gasteiger partial charge in [-0.1, -0.05) is 23.9 Å². The molecule has 0 radical (unpaired) electrons. The summed E-state index contributed by atoms with van der Waals surface area (Å²) in [5, 5.41) is 10.1. The fourth-order valence-corrected chi connectivity index (χ4v) is 2.92. The number of benzene rings is 2. The number of hydrogen-bond donors (Lipinski definition) is 1. The van der Waals surface area contributed by atoms with Gasteiger partial charge in [0.2, 0.25) is 5.91 Å². The average Bonchev–Trinajstić information content (AvgIpc) is 3.10. The van der Waals surface area contributed by atoms with Crippen LogP contribution in [0.1, 0.15) is 24.2 Å². The van der Waals surface area contributed by atoms with Crippen molar-refractivity contribution < 1.29 is 18.4 Å². The summed E-state index contributed by atoms with van der Waals surface area (Å²) in [4.78, 5) is 23.6. The third-order valence-electron chi connectivity index (χ3n) is 3.72. The number of thioether (sulfide) groups is 1. The minimum Gasteiger partial charge on any atom is -0.411 e. The first-order chi connectivity index (χ1) is 12.9. The van der Waals surface area contributed by atoms with E-state index < -0.39 is 11.1 Å². The van der Waals surface area contributed by atoms with Gasteiger partial charge in [0.1, 0.15) is 5.82 Å². The van der Waals surface area contributed by atoms with Crippen molar-refractivity contribution in [3.05, 3.63) is 59.9 Å². The van der Waals surface area contributed by atoms with E-state index >= 15 is 0 Å². The van der Waals surface area contributed by atoms with Crippen LogP contribution in [0.2, 0.25) is 0 Å². The molecule has 1 heterocycles. The van der Waals surface area contributed by atoms with Gasteiger partial charge in [0, 0.05) is 11.3 Å². The summed E-state index contributed by atoms with van der Waals surface area (Å²) in [5.74, 6) is -0.708. The zero-order valence-corrected chi connectivity index (χ0v) is 15.4. The second-order valence-electron chi connectivity index (χ2n) is 5.74. The molecule has 0 saturated carbocycles. The van der Waals surface area contributed by atoms with Crippen molar-refractivity contribution in [1.82, 2.24) is 10.2 Å². The molecule has 0 aliphatic rings. The SMILES string of the molecule is CC(=O)c1ccc(NC(=O)[C@H](C)Sc2nnc(-c3ccccc3F)o2)cc1. The minimum absolute atomic E-state index is 0.0427. The number of anilines is 1. The first-order valence-electron chi connectivity index (χ1n) is 8.11. The third kappa shape index (κ3) is 4.59. The van der Waals surface area contributed by atoms with Crippen molar-refractivity contribution in [2.45, 2.75) is 24.3 Å². The van der Waals surface area contributed by atoms with Gasteiger partial charge >= 0.3 is 0 Å². The number of ketones is 1. The van der Waals surface area contributed by atoms with Crippen molar-refractivity contribution >= 4 is 29.1 Å². The van der Waals surface area contributed by atoms with E-state index in [1.54, 1.807) is 43.3 Å². The van der Waals surface area contributed by atoms with Crippen molar-refractivity contribution in [3.63, 3.8) is 0 Å². The maximum Gasteiger partial charge on any atom is 0.277 e. The van der Waals surface area contributed by atoms with Crippen LogP contribution < -0.4 is 5.32 Å². The molecule has 0 unspecified atom stereocenters. The standard InChI is InChI=1S/C19H16FN3O3S/c1-11(24)13-7-9-14(10-8-13)21-17(25)12(2)27-19-23-22-18(26-19)15-5-3-4-6-16(15)20/h3-10,12H,1-2H3,(H,21,25)/t12-/m0/s1. The van der Waals surface area contributed by atoms with Gasteiger partial charge in [0.15, 0.2) is 5.78 Å². The van der Waals surface area contributed by atoms with Crippen LogP contribution in [-0.2, 0) is 4.79 Å². The molecule has 0 spiro atoms. The molecule has 0 bridgehead atoms. The van der Waals surface area contributed by atoms with Crippen molar-refractivity contribution in [2.75, 3.05) is 5.32 Å². The average molecular weight is 385 g/mol. The Bertz CT molecular complexity index is 972. The van der Waals surface area contributed by atoms with E-state index in [0.29, 0.717) is 11.3 Å². The number of carbonyl (C=O) groups excluding carboxylic acids is 2. The van der Waals surface area contributed by atoms with Gasteiger partial charge in [0.25, 0.3) is 11.1 Å². The Labute approximate surface area is 159 Å². The number of rotatable bonds is 6. The fraction of sp³-hybridized carbons (Fsp3) is 0.158. The molecular formula is C19H16FN3O3S. The summed E-state index contributed by atoms with van der Waals surface area (Å²) in [7, 11) is 0. The molecule has 138 valence electrons. The molecule has 1 atom stereocenters. The van der Waals surface area contributed by atoms with Crippen LogP contribution in [0.4, 0.5) is 10.1 Å². The molecule has 1 aromatic heterocycles. The largest absolute Gasteiger partial charge is 0.411 e. The van der Waals surface area contributed by atoms with E-state index in [4.69, 9.17) is 4.42 Å². The molecule has 27 heavy (non-hydrogen) atoms. The Morgan fingerprint density at radius 3 is 2.48 bits per heavy atom. The Kier molecular flexibility index (Phi) is 5.66. The summed E-state index contributed by atoms with van der Waals surface area (Å²) in [5.41, 5.74) is 1.36. The number of nitrogens with zero attached hydrogens (tertiary/aromatic N) is 2. The Morgan fingerprint density at radius 2 is 1.81 bits per heavy atom. The van der Waals surface area contributed by atoms with Gasteiger partial charge in [-0.25, -0.2) is 4.39 Å². The van der Waals surface area contributed by atoms with Crippen LogP contribution in [0.3, 0.4) is 0 Å². The van der Waals surface area contributed by atoms with Crippen LogP contribution in [0, 0.1) is 5.82 Å². The smallest absolute Gasteiger partial charge is 0.277 e. The quantitative estimate of drug-likeness (QED) is 0.506. The molecule has 2 aromatic carbocycles. The first kappa shape index (κ1) is 18.8. The molecule has 1 N–H and O–H groups in total. The summed E-state index contributed by atoms with van der Waals surface area (Å²) in [6, 6.07) is 12.7. The van der Waals surface area contributed by atoms with Crippen molar-refractivity contribution in [1.29, 1.82) is 0 Å². The monoisotopic (exact) mass is 385 g/mol. The Hall–Kier alpha value is -3.00. The summed E-state index contributed by atoms with van der Waals surface area (Å²) < 4.78 is 19.2. The van der Waals surface area contributed by atoms with E-state index in [0.717, 1.165) is 11.8 Å². The normalized spacial score (nSPS) is 11.8. The minimum atomic E-state index is -0.522. The molecule has 0 fully saturated rings. The molecule has 0 aliphatic carbocycles. The fourth-order valence-electron chi connectivity index (χ4n) is 2.24. The molecule has 6 nitrogen and oxygen atoms in total. The summed E-state index contributed by atoms with van der Waals surface area (Å²) >= 11 is 1.07. The highest BCUT2D eigenvalue weighted by Crippen LogP contribution is 2.28. The lowest BCUT2D eigenvalue weighted by atomic mass is 10.1. The van der Waals surface area contributed by atoms with E-state index in [1.165, 1.54) is 19.1 Å². The zero-order valence-electron chi connectivity index (χ0n) is 14.6. The van der Waals surface area contributed by atoms with Gasteiger partial charge in [-0.2, -0.15) is 0 Å². The number of amides is 1. The second kappa shape index (κ2) is 8.13. The third-order valence-corrected chi connectivity index (χ3v) is 4.65. The Morgan fingerprint density at radius 1 is 1.11 bits per heavy atom. The van der Waals surface area contributed by atoms with Gasteiger partial charge in [-0.05, 0) is 50.2 Å². The van der Waals surface area contributed by atoms with Crippen LogP contribution in [0.5, 0.6) is 0 Å². The van der Waals surface area contributed by atoms with Gasteiger partial charge in [-0.3, -0.25) is 9.59 Å². The lowest BCUT2D eigenvalue weighted by molar-refractivity contribution is -0.115. The molecule has 3 aromatic rings. The zero-order chi connectivity index (χ0) is 19.4. The summed E-state index contributed by atoms with van der Waals surface area (Å²) in [6.07, 6.45) is 0. The van der Waals surface area contributed by atoms with Crippen molar-refractivity contribution in [2.24, 2.45) is 0 Å². The molecule has 3 rings (SSSR count). The number of Topliss-reactive ketones (excluding diaryl/α,β-unsaturated/α-hetero) is 1. The molecule has 0 aliphatic heterocycles. The maximum absolute atomic E-state index is 13.8. The second-order valence-corrected chi connectivity index (χ2v) is 7.03. The lowest BCUT2D eigenvalue weighted by Gasteiger charge is -2.10. The molecule has 1 amide bonds. The number of aromatic nitrogens is 2. The van der Waals surface area contributed by atoms with Crippen LogP contribution >= 0.6 is 11.8 Å². The highest BCUT2D eigenvalue weighted by atomic mass is 32.2. The van der Waals surface area contributed by atoms with Crippen LogP contribution in [0.15, 0.2) is 58.2 Å². The van der Waals surface area contributed by atoms with E-state index in [2.05, 4.69) is 15.5 Å². The van der Waals surface area contributed by atoms with Crippen LogP contribution in [0.25, 0.3) is 11.5 Å². The van der Waals surface area contributed by atoms with E-state index in [1.807, 2.05) is 0 Å². The van der Waals surface area contributed by atoms with Gasteiger partial charge in [-0.15, -0.1) is 10.2 Å². The maximum atomic E-state index is 13.8. The highest BCUT2D eigenvalue weighted by molar-refractivity contribution is 8.00.